The summed E-state index contributed by atoms with van der Waals surface area (Å²) in [4.78, 5) is 10.6. The van der Waals surface area contributed by atoms with Crippen molar-refractivity contribution < 1.29 is 0 Å². The SMILES string of the molecule is c1ccc(-c2ccc(-c3nc(-c4cccc(-c5cccc(-c6cccc(-c7cccc(-c8ccccc8)c7)c6)c5)c4)nc4c3sc3ccccc34)cc2)cc1. The lowest BCUT2D eigenvalue weighted by molar-refractivity contribution is 1.24. The summed E-state index contributed by atoms with van der Waals surface area (Å²) < 4.78 is 2.32. The maximum absolute atomic E-state index is 5.30. The van der Waals surface area contributed by atoms with E-state index in [0.29, 0.717) is 0 Å². The third-order valence-corrected chi connectivity index (χ3v) is 11.5. The first-order chi connectivity index (χ1) is 27.2. The van der Waals surface area contributed by atoms with Crippen LogP contribution < -0.4 is 0 Å². The lowest BCUT2D eigenvalue weighted by Crippen LogP contribution is -1.94. The number of rotatable bonds is 7. The third kappa shape index (κ3) is 6.41. The first kappa shape index (κ1) is 32.7. The number of thiophene rings is 1. The Morgan fingerprint density at radius 1 is 0.291 bits per heavy atom. The Hall–Kier alpha value is -6.94. The van der Waals surface area contributed by atoms with E-state index in [1.807, 2.05) is 0 Å². The molecule has 0 N–H and O–H groups in total. The predicted octanol–water partition coefficient (Wildman–Crippen LogP) is 14.5. The van der Waals surface area contributed by atoms with Crippen LogP contribution in [0.25, 0.3) is 98.6 Å². The van der Waals surface area contributed by atoms with Gasteiger partial charge in [0.05, 0.1) is 15.9 Å². The topological polar surface area (TPSA) is 25.8 Å². The molecule has 0 aliphatic carbocycles. The minimum Gasteiger partial charge on any atom is -0.226 e. The molecule has 0 saturated heterocycles. The maximum atomic E-state index is 5.30. The van der Waals surface area contributed by atoms with E-state index in [4.69, 9.17) is 9.97 Å². The Morgan fingerprint density at radius 2 is 0.673 bits per heavy atom. The van der Waals surface area contributed by atoms with Crippen LogP contribution >= 0.6 is 11.3 Å². The van der Waals surface area contributed by atoms with Crippen molar-refractivity contribution in [3.63, 3.8) is 0 Å². The number of aromatic nitrogens is 2. The molecule has 3 heteroatoms. The average Bonchev–Trinajstić information content (AvgIpc) is 3.66. The van der Waals surface area contributed by atoms with Crippen molar-refractivity contribution >= 4 is 31.6 Å². The summed E-state index contributed by atoms with van der Waals surface area (Å²) in [6, 6.07) is 73.4. The van der Waals surface area contributed by atoms with Crippen LogP contribution in [-0.2, 0) is 0 Å². The van der Waals surface area contributed by atoms with Crippen molar-refractivity contribution in [1.29, 1.82) is 0 Å². The van der Waals surface area contributed by atoms with Gasteiger partial charge in [0.15, 0.2) is 5.82 Å². The molecule has 0 atom stereocenters. The van der Waals surface area contributed by atoms with Gasteiger partial charge in [0, 0.05) is 21.2 Å². The zero-order valence-electron chi connectivity index (χ0n) is 29.9. The van der Waals surface area contributed by atoms with Gasteiger partial charge in [-0.15, -0.1) is 11.3 Å². The number of nitrogens with zero attached hydrogens (tertiary/aromatic N) is 2. The molecule has 2 aromatic heterocycles. The zero-order valence-corrected chi connectivity index (χ0v) is 30.7. The largest absolute Gasteiger partial charge is 0.226 e. The van der Waals surface area contributed by atoms with E-state index in [9.17, 15) is 0 Å². The molecule has 0 unspecified atom stereocenters. The molecule has 0 aliphatic heterocycles. The van der Waals surface area contributed by atoms with Gasteiger partial charge in [-0.25, -0.2) is 9.97 Å². The summed E-state index contributed by atoms with van der Waals surface area (Å²) in [7, 11) is 0. The highest BCUT2D eigenvalue weighted by Gasteiger charge is 2.17. The molecule has 0 bridgehead atoms. The van der Waals surface area contributed by atoms with E-state index >= 15 is 0 Å². The molecule has 2 nitrogen and oxygen atoms in total. The van der Waals surface area contributed by atoms with Crippen LogP contribution in [0.2, 0.25) is 0 Å². The first-order valence-corrected chi connectivity index (χ1v) is 19.4. The molecule has 0 spiro atoms. The molecule has 0 amide bonds. The van der Waals surface area contributed by atoms with Crippen LogP contribution in [0.5, 0.6) is 0 Å². The summed E-state index contributed by atoms with van der Waals surface area (Å²) in [5.41, 5.74) is 15.9. The van der Waals surface area contributed by atoms with Crippen LogP contribution in [0.15, 0.2) is 206 Å². The standard InChI is InChI=1S/C52H34N2S/c1-3-13-35(14-4-1)37-27-29-38(30-28-37)49-51-50(47-25-7-8-26-48(47)55-51)54-52(53-49)46-24-12-23-45(34-46)44-22-11-21-43(33-44)42-20-10-19-41(32-42)40-18-9-17-39(31-40)36-15-5-2-6-16-36/h1-34H. The van der Waals surface area contributed by atoms with Gasteiger partial charge in [-0.3, -0.25) is 0 Å². The van der Waals surface area contributed by atoms with Crippen LogP contribution in [0, 0.1) is 0 Å². The van der Waals surface area contributed by atoms with Gasteiger partial charge < -0.3 is 0 Å². The number of benzene rings is 8. The molecule has 8 aromatic carbocycles. The Labute approximate surface area is 324 Å². The van der Waals surface area contributed by atoms with E-state index in [-0.39, 0.29) is 0 Å². The van der Waals surface area contributed by atoms with E-state index in [1.165, 1.54) is 49.2 Å². The van der Waals surface area contributed by atoms with Crippen molar-refractivity contribution in [2.75, 3.05) is 0 Å². The Bertz CT molecular complexity index is 2960. The number of hydrogen-bond donors (Lipinski definition) is 0. The summed E-state index contributed by atoms with van der Waals surface area (Å²) >= 11 is 1.76. The van der Waals surface area contributed by atoms with Crippen molar-refractivity contribution in [3.8, 4) is 78.3 Å². The van der Waals surface area contributed by atoms with Crippen molar-refractivity contribution in [2.24, 2.45) is 0 Å². The molecule has 2 heterocycles. The fraction of sp³-hybridized carbons (Fsp3) is 0. The smallest absolute Gasteiger partial charge is 0.160 e. The van der Waals surface area contributed by atoms with E-state index in [2.05, 4.69) is 206 Å². The number of hydrogen-bond acceptors (Lipinski definition) is 3. The zero-order chi connectivity index (χ0) is 36.6. The van der Waals surface area contributed by atoms with Crippen LogP contribution in [0.4, 0.5) is 0 Å². The first-order valence-electron chi connectivity index (χ1n) is 18.6. The molecule has 0 aliphatic rings. The monoisotopic (exact) mass is 718 g/mol. The van der Waals surface area contributed by atoms with Crippen molar-refractivity contribution in [1.82, 2.24) is 9.97 Å². The fourth-order valence-corrected chi connectivity index (χ4v) is 8.62. The molecule has 0 fully saturated rings. The minimum atomic E-state index is 0.724. The molecule has 10 aromatic rings. The summed E-state index contributed by atoms with van der Waals surface area (Å²) in [6.07, 6.45) is 0. The fourth-order valence-electron chi connectivity index (χ4n) is 7.47. The summed E-state index contributed by atoms with van der Waals surface area (Å²) in [6.45, 7) is 0. The Kier molecular flexibility index (Phi) is 8.40. The molecule has 0 radical (unpaired) electrons. The maximum Gasteiger partial charge on any atom is 0.160 e. The normalized spacial score (nSPS) is 11.3. The molecule has 0 saturated carbocycles. The highest BCUT2D eigenvalue weighted by molar-refractivity contribution is 7.26. The minimum absolute atomic E-state index is 0.724. The van der Waals surface area contributed by atoms with Gasteiger partial charge in [-0.05, 0) is 86.0 Å². The molecular weight excluding hydrogens is 685 g/mol. The molecule has 258 valence electrons. The second-order valence-corrected chi connectivity index (χ2v) is 14.9. The highest BCUT2D eigenvalue weighted by Crippen LogP contribution is 2.40. The van der Waals surface area contributed by atoms with Gasteiger partial charge in [-0.2, -0.15) is 0 Å². The highest BCUT2D eigenvalue weighted by atomic mass is 32.1. The summed E-state index contributed by atoms with van der Waals surface area (Å²) in [5.74, 6) is 0.724. The number of fused-ring (bicyclic) bond motifs is 3. The molecular formula is C52H34N2S. The van der Waals surface area contributed by atoms with Gasteiger partial charge >= 0.3 is 0 Å². The van der Waals surface area contributed by atoms with Gasteiger partial charge in [0.1, 0.15) is 0 Å². The third-order valence-electron chi connectivity index (χ3n) is 10.3. The van der Waals surface area contributed by atoms with Gasteiger partial charge in [-0.1, -0.05) is 176 Å². The van der Waals surface area contributed by atoms with E-state index in [0.717, 1.165) is 49.4 Å². The second-order valence-electron chi connectivity index (χ2n) is 13.8. The van der Waals surface area contributed by atoms with Crippen LogP contribution in [0.1, 0.15) is 0 Å². The molecule has 10 rings (SSSR count). The Balaban J connectivity index is 1.01. The van der Waals surface area contributed by atoms with Crippen LogP contribution in [-0.4, -0.2) is 9.97 Å². The average molecular weight is 719 g/mol. The lowest BCUT2D eigenvalue weighted by atomic mass is 9.94. The second kappa shape index (κ2) is 14.1. The van der Waals surface area contributed by atoms with Crippen molar-refractivity contribution in [3.05, 3.63) is 206 Å². The van der Waals surface area contributed by atoms with Gasteiger partial charge in [0.25, 0.3) is 0 Å². The van der Waals surface area contributed by atoms with E-state index in [1.54, 1.807) is 11.3 Å². The molecule has 55 heavy (non-hydrogen) atoms. The predicted molar refractivity (Wildman–Crippen MR) is 233 cm³/mol. The van der Waals surface area contributed by atoms with Crippen molar-refractivity contribution in [2.45, 2.75) is 0 Å². The van der Waals surface area contributed by atoms with Crippen LogP contribution in [0.3, 0.4) is 0 Å². The van der Waals surface area contributed by atoms with Gasteiger partial charge in [0.2, 0.25) is 0 Å². The summed E-state index contributed by atoms with van der Waals surface area (Å²) in [5, 5.41) is 1.16. The Morgan fingerprint density at radius 3 is 1.22 bits per heavy atom. The quantitative estimate of drug-likeness (QED) is 0.164. The van der Waals surface area contributed by atoms with E-state index < -0.39 is 0 Å². The lowest BCUT2D eigenvalue weighted by Gasteiger charge is -2.11.